The highest BCUT2D eigenvalue weighted by molar-refractivity contribution is 6.52. The van der Waals surface area contributed by atoms with Crippen molar-refractivity contribution >= 4 is 23.5 Å². The highest BCUT2D eigenvalue weighted by Gasteiger charge is 2.35. The molecule has 130 valence electrons. The minimum absolute atomic E-state index is 0.0504. The number of hydrogen-bond acceptors (Lipinski definition) is 0. The second kappa shape index (κ2) is 5.86. The fourth-order valence-electron chi connectivity index (χ4n) is 4.58. The molecule has 4 aromatic carbocycles. The van der Waals surface area contributed by atoms with Crippen molar-refractivity contribution in [3.05, 3.63) is 90.0 Å². The summed E-state index contributed by atoms with van der Waals surface area (Å²) in [4.78, 5) is 0. The van der Waals surface area contributed by atoms with Gasteiger partial charge in [-0.05, 0) is 56.3 Å². The molecular formula is C26H23B. The summed E-state index contributed by atoms with van der Waals surface area (Å²) < 4.78 is 0. The zero-order chi connectivity index (χ0) is 18.6. The van der Waals surface area contributed by atoms with Gasteiger partial charge in [0.15, 0.2) is 7.28 Å². The van der Waals surface area contributed by atoms with Crippen LogP contribution in [-0.4, -0.2) is 7.28 Å². The molecule has 0 saturated heterocycles. The normalized spacial score (nSPS) is 14.0. The molecule has 27 heavy (non-hydrogen) atoms. The van der Waals surface area contributed by atoms with Crippen LogP contribution in [0, 0.1) is 0 Å². The first-order valence-corrected chi connectivity index (χ1v) is 9.85. The lowest BCUT2D eigenvalue weighted by Gasteiger charge is -2.22. The Balaban J connectivity index is 1.64. The van der Waals surface area contributed by atoms with Crippen LogP contribution in [0.5, 0.6) is 0 Å². The lowest BCUT2D eigenvalue weighted by Crippen LogP contribution is -2.14. The third kappa shape index (κ3) is 2.45. The minimum Gasteiger partial charge on any atom is -0.0849 e. The standard InChI is InChI=1S/C26H23B/c1-26(2)24-7-5-4-6-22(24)23-13-11-20(16-25(23)26)17-8-9-19-15-21(27-3)12-10-18(19)14-17/h4-16,27H,1-3H3. The summed E-state index contributed by atoms with van der Waals surface area (Å²) in [5.41, 5.74) is 9.67. The number of rotatable bonds is 2. The Morgan fingerprint density at radius 2 is 1.30 bits per heavy atom. The highest BCUT2D eigenvalue weighted by Crippen LogP contribution is 2.49. The molecule has 0 unspecified atom stereocenters. The van der Waals surface area contributed by atoms with E-state index in [9.17, 15) is 0 Å². The quantitative estimate of drug-likeness (QED) is 0.395. The SMILES string of the molecule is CBc1ccc2cc(-c3ccc4c(c3)C(C)(C)c3ccccc3-4)ccc2c1. The lowest BCUT2D eigenvalue weighted by molar-refractivity contribution is 0.660. The van der Waals surface area contributed by atoms with E-state index in [2.05, 4.69) is 99.5 Å². The molecule has 0 atom stereocenters. The summed E-state index contributed by atoms with van der Waals surface area (Å²) in [6.45, 7) is 6.89. The topological polar surface area (TPSA) is 0 Å². The van der Waals surface area contributed by atoms with E-state index in [1.807, 2.05) is 0 Å². The van der Waals surface area contributed by atoms with Crippen LogP contribution in [0.2, 0.25) is 6.82 Å². The molecule has 0 aliphatic heterocycles. The molecule has 0 heterocycles. The van der Waals surface area contributed by atoms with Crippen LogP contribution in [-0.2, 0) is 5.41 Å². The largest absolute Gasteiger partial charge is 0.154 e. The van der Waals surface area contributed by atoms with Gasteiger partial charge in [-0.2, -0.15) is 0 Å². The smallest absolute Gasteiger partial charge is 0.0849 e. The summed E-state index contributed by atoms with van der Waals surface area (Å²) in [5, 5.41) is 2.64. The maximum Gasteiger partial charge on any atom is 0.154 e. The van der Waals surface area contributed by atoms with Crippen molar-refractivity contribution in [3.8, 4) is 22.3 Å². The fraction of sp³-hybridized carbons (Fsp3) is 0.154. The van der Waals surface area contributed by atoms with Crippen LogP contribution in [0.15, 0.2) is 78.9 Å². The van der Waals surface area contributed by atoms with Gasteiger partial charge >= 0.3 is 0 Å². The summed E-state index contributed by atoms with van der Waals surface area (Å²) in [6, 6.07) is 29.5. The van der Waals surface area contributed by atoms with Crippen LogP contribution in [0.4, 0.5) is 0 Å². The van der Waals surface area contributed by atoms with Gasteiger partial charge in [0.05, 0.1) is 0 Å². The molecule has 1 aliphatic rings. The van der Waals surface area contributed by atoms with Crippen LogP contribution in [0.3, 0.4) is 0 Å². The van der Waals surface area contributed by atoms with Gasteiger partial charge in [-0.1, -0.05) is 92.9 Å². The van der Waals surface area contributed by atoms with Gasteiger partial charge in [0.1, 0.15) is 0 Å². The van der Waals surface area contributed by atoms with Crippen molar-refractivity contribution in [1.29, 1.82) is 0 Å². The first-order valence-electron chi connectivity index (χ1n) is 9.85. The average molecular weight is 346 g/mol. The van der Waals surface area contributed by atoms with Crippen molar-refractivity contribution in [2.45, 2.75) is 26.1 Å². The Hall–Kier alpha value is -2.80. The Kier molecular flexibility index (Phi) is 3.55. The van der Waals surface area contributed by atoms with E-state index in [4.69, 9.17) is 0 Å². The molecule has 1 aliphatic carbocycles. The van der Waals surface area contributed by atoms with Gasteiger partial charge in [-0.3, -0.25) is 0 Å². The first-order chi connectivity index (χ1) is 13.1. The van der Waals surface area contributed by atoms with E-state index in [0.29, 0.717) is 0 Å². The molecule has 0 N–H and O–H groups in total. The van der Waals surface area contributed by atoms with E-state index in [1.165, 1.54) is 49.6 Å². The molecular weight excluding hydrogens is 323 g/mol. The number of hydrogen-bond donors (Lipinski definition) is 0. The van der Waals surface area contributed by atoms with E-state index < -0.39 is 0 Å². The van der Waals surface area contributed by atoms with Gasteiger partial charge < -0.3 is 0 Å². The maximum atomic E-state index is 2.40. The number of fused-ring (bicyclic) bond motifs is 4. The second-order valence-corrected chi connectivity index (χ2v) is 8.18. The average Bonchev–Trinajstić information content (AvgIpc) is 2.94. The molecule has 0 saturated carbocycles. The number of benzene rings is 4. The van der Waals surface area contributed by atoms with Crippen LogP contribution in [0.1, 0.15) is 25.0 Å². The molecule has 0 fully saturated rings. The Labute approximate surface area is 162 Å². The maximum absolute atomic E-state index is 2.40. The molecule has 1 heteroatoms. The molecule has 0 nitrogen and oxygen atoms in total. The minimum atomic E-state index is 0.0504. The summed E-state index contributed by atoms with van der Waals surface area (Å²) in [5.74, 6) is 0. The van der Waals surface area contributed by atoms with Gasteiger partial charge in [0.25, 0.3) is 0 Å². The molecule has 0 radical (unpaired) electrons. The van der Waals surface area contributed by atoms with E-state index in [-0.39, 0.29) is 5.41 Å². The van der Waals surface area contributed by atoms with E-state index in [1.54, 1.807) is 0 Å². The van der Waals surface area contributed by atoms with Crippen molar-refractivity contribution in [2.75, 3.05) is 0 Å². The third-order valence-corrected chi connectivity index (χ3v) is 6.23. The van der Waals surface area contributed by atoms with Crippen LogP contribution >= 0.6 is 0 Å². The van der Waals surface area contributed by atoms with Gasteiger partial charge in [-0.25, -0.2) is 0 Å². The van der Waals surface area contributed by atoms with E-state index in [0.717, 1.165) is 7.28 Å². The Bertz CT molecular complexity index is 1180. The third-order valence-electron chi connectivity index (χ3n) is 6.23. The van der Waals surface area contributed by atoms with Crippen molar-refractivity contribution in [3.63, 3.8) is 0 Å². The first kappa shape index (κ1) is 16.4. The van der Waals surface area contributed by atoms with Crippen molar-refractivity contribution in [1.82, 2.24) is 0 Å². The molecule has 5 rings (SSSR count). The summed E-state index contributed by atoms with van der Waals surface area (Å²) >= 11 is 0. The van der Waals surface area contributed by atoms with Crippen molar-refractivity contribution < 1.29 is 0 Å². The second-order valence-electron chi connectivity index (χ2n) is 8.18. The predicted octanol–water partition coefficient (Wildman–Crippen LogP) is 5.92. The lowest BCUT2D eigenvalue weighted by atomic mass is 9.73. The van der Waals surface area contributed by atoms with Gasteiger partial charge in [-0.15, -0.1) is 0 Å². The van der Waals surface area contributed by atoms with Gasteiger partial charge in [0.2, 0.25) is 0 Å². The zero-order valence-electron chi connectivity index (χ0n) is 16.2. The summed E-state index contributed by atoms with van der Waals surface area (Å²) in [7, 11) is 1.08. The molecule has 0 bridgehead atoms. The Morgan fingerprint density at radius 1 is 0.630 bits per heavy atom. The monoisotopic (exact) mass is 346 g/mol. The zero-order valence-corrected chi connectivity index (χ0v) is 16.2. The predicted molar refractivity (Wildman–Crippen MR) is 120 cm³/mol. The molecule has 0 aromatic heterocycles. The highest BCUT2D eigenvalue weighted by atomic mass is 14.4. The van der Waals surface area contributed by atoms with E-state index >= 15 is 0 Å². The van der Waals surface area contributed by atoms with Crippen LogP contribution < -0.4 is 5.46 Å². The van der Waals surface area contributed by atoms with Crippen molar-refractivity contribution in [2.24, 2.45) is 0 Å². The molecule has 0 amide bonds. The summed E-state index contributed by atoms with van der Waals surface area (Å²) in [6.07, 6.45) is 0. The molecule has 4 aromatic rings. The Morgan fingerprint density at radius 3 is 2.15 bits per heavy atom. The molecule has 0 spiro atoms. The van der Waals surface area contributed by atoms with Crippen LogP contribution in [0.25, 0.3) is 33.0 Å². The fourth-order valence-corrected chi connectivity index (χ4v) is 4.58. The van der Waals surface area contributed by atoms with Gasteiger partial charge in [0, 0.05) is 5.41 Å².